The third kappa shape index (κ3) is 2.57. The molecule has 0 fully saturated rings. The van der Waals surface area contributed by atoms with Crippen LogP contribution in [-0.4, -0.2) is 11.0 Å². The lowest BCUT2D eigenvalue weighted by atomic mass is 10.2. The van der Waals surface area contributed by atoms with Crippen LogP contribution in [0, 0.1) is 0 Å². The topological polar surface area (TPSA) is 69.4 Å². The molecule has 2 aromatic carbocycles. The number of rotatable bonds is 3. The van der Waals surface area contributed by atoms with E-state index in [-0.39, 0.29) is 12.2 Å². The monoisotopic (exact) mass is 337 g/mol. The summed E-state index contributed by atoms with van der Waals surface area (Å²) in [7, 11) is 0. The van der Waals surface area contributed by atoms with Gasteiger partial charge in [0.15, 0.2) is 0 Å². The van der Waals surface area contributed by atoms with Crippen molar-refractivity contribution >= 4 is 38.5 Å². The summed E-state index contributed by atoms with van der Waals surface area (Å²) in [6.45, 7) is 0.0183. The molecule has 4 rings (SSSR count). The Labute approximate surface area is 140 Å². The number of benzene rings is 2. The van der Waals surface area contributed by atoms with E-state index in [1.807, 2.05) is 24.3 Å². The van der Waals surface area contributed by atoms with Crippen molar-refractivity contribution in [3.8, 4) is 0 Å². The van der Waals surface area contributed by atoms with Gasteiger partial charge in [-0.1, -0.05) is 24.3 Å². The molecule has 0 aliphatic heterocycles. The summed E-state index contributed by atoms with van der Waals surface area (Å²) in [6.07, 6.45) is 1.14. The first-order valence-corrected chi connectivity index (χ1v) is 8.06. The molecule has 4 aromatic rings. The molecule has 0 N–H and O–H groups in total. The van der Waals surface area contributed by atoms with Gasteiger partial charge in [-0.25, -0.2) is 9.78 Å². The van der Waals surface area contributed by atoms with Crippen molar-refractivity contribution in [2.45, 2.75) is 6.61 Å². The van der Waals surface area contributed by atoms with Crippen LogP contribution in [-0.2, 0) is 11.3 Å². The lowest BCUT2D eigenvalue weighted by Crippen LogP contribution is -2.17. The summed E-state index contributed by atoms with van der Waals surface area (Å²) in [5, 5.41) is 1.03. The molecule has 0 saturated carbocycles. The van der Waals surface area contributed by atoms with Crippen molar-refractivity contribution in [1.29, 1.82) is 0 Å². The predicted octanol–water partition coefficient (Wildman–Crippen LogP) is 3.76. The smallest absolute Gasteiger partial charge is 0.345 e. The van der Waals surface area contributed by atoms with E-state index in [4.69, 9.17) is 9.15 Å². The van der Waals surface area contributed by atoms with Gasteiger partial charge in [-0.15, -0.1) is 11.3 Å². The molecule has 2 heterocycles. The molecule has 5 nitrogen and oxygen atoms in total. The third-order valence-corrected chi connectivity index (χ3v) is 4.57. The summed E-state index contributed by atoms with van der Waals surface area (Å²) in [4.78, 5) is 28.9. The minimum atomic E-state index is -0.714. The maximum Gasteiger partial charge on any atom is 0.345 e. The Balaban J connectivity index is 1.58. The van der Waals surface area contributed by atoms with Crippen LogP contribution in [0.3, 0.4) is 0 Å². The Morgan fingerprint density at radius 3 is 2.79 bits per heavy atom. The predicted molar refractivity (Wildman–Crippen MR) is 91.2 cm³/mol. The number of hydrogen-bond donors (Lipinski definition) is 0. The molecular weight excluding hydrogens is 326 g/mol. The zero-order valence-electron chi connectivity index (χ0n) is 12.4. The highest BCUT2D eigenvalue weighted by Crippen LogP contribution is 2.22. The fourth-order valence-electron chi connectivity index (χ4n) is 2.41. The maximum atomic E-state index is 12.3. The van der Waals surface area contributed by atoms with Gasteiger partial charge in [0.2, 0.25) is 5.43 Å². The number of aromatic nitrogens is 1. The largest absolute Gasteiger partial charge is 0.463 e. The number of hydrogen-bond acceptors (Lipinski definition) is 6. The normalized spacial score (nSPS) is 11.0. The summed E-state index contributed by atoms with van der Waals surface area (Å²) < 4.78 is 11.6. The van der Waals surface area contributed by atoms with Crippen molar-refractivity contribution in [1.82, 2.24) is 4.98 Å². The van der Waals surface area contributed by atoms with Crippen molar-refractivity contribution in [2.75, 3.05) is 0 Å². The number of nitrogens with zero attached hydrogens (tertiary/aromatic N) is 1. The fourth-order valence-corrected chi connectivity index (χ4v) is 3.29. The lowest BCUT2D eigenvalue weighted by molar-refractivity contribution is 0.0469. The van der Waals surface area contributed by atoms with Crippen LogP contribution in [0.1, 0.15) is 15.4 Å². The fraction of sp³-hybridized carbons (Fsp3) is 0.0556. The first kappa shape index (κ1) is 14.6. The van der Waals surface area contributed by atoms with Gasteiger partial charge >= 0.3 is 5.97 Å². The van der Waals surface area contributed by atoms with Gasteiger partial charge in [-0.2, -0.15) is 0 Å². The quantitative estimate of drug-likeness (QED) is 0.532. The summed E-state index contributed by atoms with van der Waals surface area (Å²) in [5.41, 5.74) is 0.782. The van der Waals surface area contributed by atoms with Crippen LogP contribution in [0.5, 0.6) is 0 Å². The van der Waals surface area contributed by atoms with Crippen LogP contribution in [0.2, 0.25) is 0 Å². The number of carbonyl (C=O) groups is 1. The summed E-state index contributed by atoms with van der Waals surface area (Å²) in [5.74, 6) is -0.714. The van der Waals surface area contributed by atoms with E-state index in [1.165, 1.54) is 11.3 Å². The molecule has 0 amide bonds. The van der Waals surface area contributed by atoms with E-state index in [9.17, 15) is 9.59 Å². The van der Waals surface area contributed by atoms with E-state index < -0.39 is 11.4 Å². The molecule has 0 unspecified atom stereocenters. The van der Waals surface area contributed by atoms with Crippen LogP contribution in [0.25, 0.3) is 21.2 Å². The van der Waals surface area contributed by atoms with Crippen LogP contribution in [0.4, 0.5) is 0 Å². The van der Waals surface area contributed by atoms with Crippen molar-refractivity contribution < 1.29 is 13.9 Å². The Kier molecular flexibility index (Phi) is 3.59. The van der Waals surface area contributed by atoms with Gasteiger partial charge in [-0.3, -0.25) is 4.79 Å². The van der Waals surface area contributed by atoms with E-state index in [0.29, 0.717) is 16.0 Å². The number of fused-ring (bicyclic) bond motifs is 2. The van der Waals surface area contributed by atoms with E-state index >= 15 is 0 Å². The maximum absolute atomic E-state index is 12.3. The van der Waals surface area contributed by atoms with Crippen LogP contribution >= 0.6 is 11.3 Å². The molecule has 0 radical (unpaired) electrons. The number of esters is 1. The molecule has 24 heavy (non-hydrogen) atoms. The Hall–Kier alpha value is -2.99. The Morgan fingerprint density at radius 1 is 1.12 bits per heavy atom. The minimum Gasteiger partial charge on any atom is -0.463 e. The van der Waals surface area contributed by atoms with E-state index in [1.54, 1.807) is 24.3 Å². The molecule has 6 heteroatoms. The molecule has 0 saturated heterocycles. The van der Waals surface area contributed by atoms with Gasteiger partial charge in [0.25, 0.3) is 0 Å². The summed E-state index contributed by atoms with van der Waals surface area (Å²) in [6, 6.07) is 14.4. The van der Waals surface area contributed by atoms with Crippen molar-refractivity contribution in [2.24, 2.45) is 0 Å². The molecule has 0 spiro atoms. The minimum absolute atomic E-state index is 0.0183. The summed E-state index contributed by atoms with van der Waals surface area (Å²) >= 11 is 1.45. The zero-order chi connectivity index (χ0) is 16.5. The van der Waals surface area contributed by atoms with Crippen LogP contribution in [0.15, 0.2) is 64.0 Å². The second kappa shape index (κ2) is 5.90. The standard InChI is InChI=1S/C18H11NO4S/c20-17-11-5-1-3-7-14(11)22-9-12(17)18(21)23-10-16-19-13-6-2-4-8-15(13)24-16/h1-9H,10H2. The van der Waals surface area contributed by atoms with Gasteiger partial charge in [-0.05, 0) is 24.3 Å². The third-order valence-electron chi connectivity index (χ3n) is 3.56. The van der Waals surface area contributed by atoms with Gasteiger partial charge in [0.05, 0.1) is 15.6 Å². The average Bonchev–Trinajstić information content (AvgIpc) is 3.03. The van der Waals surface area contributed by atoms with E-state index in [0.717, 1.165) is 16.5 Å². The van der Waals surface area contributed by atoms with Crippen molar-refractivity contribution in [3.05, 3.63) is 75.6 Å². The number of ether oxygens (including phenoxy) is 1. The number of thiazole rings is 1. The van der Waals surface area contributed by atoms with Gasteiger partial charge < -0.3 is 9.15 Å². The molecule has 2 aromatic heterocycles. The second-order valence-corrected chi connectivity index (χ2v) is 6.24. The molecule has 0 aliphatic carbocycles. The highest BCUT2D eigenvalue weighted by molar-refractivity contribution is 7.18. The van der Waals surface area contributed by atoms with Gasteiger partial charge in [0, 0.05) is 0 Å². The highest BCUT2D eigenvalue weighted by atomic mass is 32.1. The zero-order valence-corrected chi connectivity index (χ0v) is 13.2. The molecule has 118 valence electrons. The molecule has 0 atom stereocenters. The molecular formula is C18H11NO4S. The van der Waals surface area contributed by atoms with Gasteiger partial charge in [0.1, 0.15) is 29.0 Å². The van der Waals surface area contributed by atoms with E-state index in [2.05, 4.69) is 4.98 Å². The SMILES string of the molecule is O=C(OCc1nc2ccccc2s1)c1coc2ccccc2c1=O. The number of para-hydroxylation sites is 2. The number of carbonyl (C=O) groups excluding carboxylic acids is 1. The molecule has 0 aliphatic rings. The Morgan fingerprint density at radius 2 is 1.92 bits per heavy atom. The average molecular weight is 337 g/mol. The first-order valence-electron chi connectivity index (χ1n) is 7.24. The van der Waals surface area contributed by atoms with Crippen molar-refractivity contribution in [3.63, 3.8) is 0 Å². The van der Waals surface area contributed by atoms with Crippen LogP contribution < -0.4 is 5.43 Å². The highest BCUT2D eigenvalue weighted by Gasteiger charge is 2.16. The second-order valence-electron chi connectivity index (χ2n) is 5.13. The molecule has 0 bridgehead atoms. The Bertz CT molecular complexity index is 1080. The lowest BCUT2D eigenvalue weighted by Gasteiger charge is -2.03. The first-order chi connectivity index (χ1) is 11.7.